The molecule has 0 fully saturated rings. The summed E-state index contributed by atoms with van der Waals surface area (Å²) in [4.78, 5) is 11.9. The lowest BCUT2D eigenvalue weighted by Gasteiger charge is -2.06. The van der Waals surface area contributed by atoms with Crippen LogP contribution in [0.15, 0.2) is 71.3 Å². The minimum absolute atomic E-state index is 0.0696. The normalized spacial score (nSPS) is 10.3. The van der Waals surface area contributed by atoms with Crippen LogP contribution in [-0.2, 0) is 4.79 Å². The van der Waals surface area contributed by atoms with E-state index in [1.807, 2.05) is 42.5 Å². The molecule has 5 nitrogen and oxygen atoms in total. The molecule has 1 amide bonds. The number of nitrogens with one attached hydrogen (secondary N) is 1. The second-order valence-corrected chi connectivity index (χ2v) is 5.69. The van der Waals surface area contributed by atoms with Gasteiger partial charge in [0.05, 0.1) is 5.69 Å². The highest BCUT2D eigenvalue weighted by Gasteiger charge is 2.07. The third-order valence-electron chi connectivity index (χ3n) is 3.06. The van der Waals surface area contributed by atoms with Crippen LogP contribution in [0, 0.1) is 0 Å². The van der Waals surface area contributed by atoms with Gasteiger partial charge in [0.25, 0.3) is 5.91 Å². The Morgan fingerprint density at radius 2 is 1.83 bits per heavy atom. The van der Waals surface area contributed by atoms with Crippen LogP contribution in [0.4, 0.5) is 5.82 Å². The number of rotatable bonds is 5. The van der Waals surface area contributed by atoms with Gasteiger partial charge in [-0.2, -0.15) is 5.10 Å². The monoisotopic (exact) mass is 371 g/mol. The van der Waals surface area contributed by atoms with Crippen molar-refractivity contribution in [1.29, 1.82) is 0 Å². The number of carbonyl (C=O) groups excluding carboxylic acids is 1. The molecule has 0 aliphatic heterocycles. The first kappa shape index (κ1) is 15.3. The lowest BCUT2D eigenvalue weighted by atomic mass is 10.3. The maximum atomic E-state index is 11.9. The van der Waals surface area contributed by atoms with Gasteiger partial charge in [-0.1, -0.05) is 34.1 Å². The zero-order chi connectivity index (χ0) is 16.1. The van der Waals surface area contributed by atoms with Crippen LogP contribution in [0.1, 0.15) is 0 Å². The van der Waals surface area contributed by atoms with Gasteiger partial charge in [0, 0.05) is 16.7 Å². The number of benzene rings is 2. The topological polar surface area (TPSA) is 56.1 Å². The molecule has 0 unspecified atom stereocenters. The number of aromatic nitrogens is 2. The fourth-order valence-corrected chi connectivity index (χ4v) is 2.24. The van der Waals surface area contributed by atoms with Crippen LogP contribution < -0.4 is 10.1 Å². The Balaban J connectivity index is 1.56. The van der Waals surface area contributed by atoms with Gasteiger partial charge in [-0.15, -0.1) is 0 Å². The Morgan fingerprint density at radius 1 is 1.09 bits per heavy atom. The zero-order valence-corrected chi connectivity index (χ0v) is 13.7. The van der Waals surface area contributed by atoms with E-state index in [-0.39, 0.29) is 12.5 Å². The highest BCUT2D eigenvalue weighted by molar-refractivity contribution is 9.10. The number of amides is 1. The molecule has 0 aliphatic carbocycles. The van der Waals surface area contributed by atoms with Crippen LogP contribution >= 0.6 is 15.9 Å². The molecule has 0 saturated carbocycles. The highest BCUT2D eigenvalue weighted by atomic mass is 79.9. The van der Waals surface area contributed by atoms with Crippen LogP contribution in [0.2, 0.25) is 0 Å². The quantitative estimate of drug-likeness (QED) is 0.744. The van der Waals surface area contributed by atoms with Crippen molar-refractivity contribution >= 4 is 27.7 Å². The van der Waals surface area contributed by atoms with Gasteiger partial charge in [0.1, 0.15) is 5.75 Å². The summed E-state index contributed by atoms with van der Waals surface area (Å²) < 4.78 is 8.08. The van der Waals surface area contributed by atoms with Gasteiger partial charge < -0.3 is 10.1 Å². The second kappa shape index (κ2) is 7.11. The number of para-hydroxylation sites is 1. The molecule has 0 aliphatic rings. The standard InChI is InChI=1S/C17H14BrN3O2/c18-13-6-8-15(9-7-13)23-12-17(22)19-16-10-11-21(20-16)14-4-2-1-3-5-14/h1-11H,12H2,(H,19,20,22). The Bertz CT molecular complexity index is 785. The Kier molecular flexibility index (Phi) is 4.73. The van der Waals surface area contributed by atoms with Crippen LogP contribution in [0.3, 0.4) is 0 Å². The summed E-state index contributed by atoms with van der Waals surface area (Å²) >= 11 is 3.35. The van der Waals surface area contributed by atoms with Crippen molar-refractivity contribution in [2.24, 2.45) is 0 Å². The summed E-state index contributed by atoms with van der Waals surface area (Å²) in [7, 11) is 0. The summed E-state index contributed by atoms with van der Waals surface area (Å²) in [5.41, 5.74) is 0.930. The number of halogens is 1. The van der Waals surface area contributed by atoms with Crippen LogP contribution in [-0.4, -0.2) is 22.3 Å². The van der Waals surface area contributed by atoms with E-state index in [0.29, 0.717) is 11.6 Å². The van der Waals surface area contributed by atoms with Crippen molar-refractivity contribution in [3.05, 3.63) is 71.3 Å². The molecule has 0 bridgehead atoms. The molecule has 23 heavy (non-hydrogen) atoms. The first-order valence-corrected chi connectivity index (χ1v) is 7.79. The Hall–Kier alpha value is -2.60. The van der Waals surface area contributed by atoms with E-state index in [0.717, 1.165) is 10.2 Å². The molecule has 0 spiro atoms. The SMILES string of the molecule is O=C(COc1ccc(Br)cc1)Nc1ccn(-c2ccccc2)n1. The molecule has 1 heterocycles. The fraction of sp³-hybridized carbons (Fsp3) is 0.0588. The van der Waals surface area contributed by atoms with Crippen molar-refractivity contribution < 1.29 is 9.53 Å². The molecule has 0 radical (unpaired) electrons. The number of hydrogen-bond acceptors (Lipinski definition) is 3. The van der Waals surface area contributed by atoms with Gasteiger partial charge in [-0.3, -0.25) is 4.79 Å². The van der Waals surface area contributed by atoms with E-state index in [4.69, 9.17) is 4.74 Å². The zero-order valence-electron chi connectivity index (χ0n) is 12.1. The van der Waals surface area contributed by atoms with Crippen molar-refractivity contribution in [1.82, 2.24) is 9.78 Å². The van der Waals surface area contributed by atoms with Gasteiger partial charge in [0.2, 0.25) is 0 Å². The van der Waals surface area contributed by atoms with E-state index in [1.54, 1.807) is 29.1 Å². The van der Waals surface area contributed by atoms with Crippen molar-refractivity contribution in [2.45, 2.75) is 0 Å². The third-order valence-corrected chi connectivity index (χ3v) is 3.59. The molecule has 3 aromatic rings. The number of carbonyl (C=O) groups is 1. The average molecular weight is 372 g/mol. The molecule has 1 aromatic heterocycles. The molecule has 2 aromatic carbocycles. The Morgan fingerprint density at radius 3 is 2.57 bits per heavy atom. The number of anilines is 1. The first-order valence-electron chi connectivity index (χ1n) is 7.00. The second-order valence-electron chi connectivity index (χ2n) is 4.77. The average Bonchev–Trinajstić information content (AvgIpc) is 3.04. The van der Waals surface area contributed by atoms with E-state index < -0.39 is 0 Å². The minimum atomic E-state index is -0.258. The van der Waals surface area contributed by atoms with Gasteiger partial charge in [0.15, 0.2) is 12.4 Å². The van der Waals surface area contributed by atoms with E-state index >= 15 is 0 Å². The van der Waals surface area contributed by atoms with Crippen molar-refractivity contribution in [3.63, 3.8) is 0 Å². The van der Waals surface area contributed by atoms with Gasteiger partial charge in [-0.05, 0) is 36.4 Å². The number of ether oxygens (including phenoxy) is 1. The molecule has 3 rings (SSSR count). The molecule has 1 N–H and O–H groups in total. The summed E-state index contributed by atoms with van der Waals surface area (Å²) in [6.45, 7) is -0.0696. The highest BCUT2D eigenvalue weighted by Crippen LogP contribution is 2.16. The van der Waals surface area contributed by atoms with Crippen LogP contribution in [0.5, 0.6) is 5.75 Å². The number of nitrogens with zero attached hydrogens (tertiary/aromatic N) is 2. The lowest BCUT2D eigenvalue weighted by molar-refractivity contribution is -0.118. The first-order chi connectivity index (χ1) is 11.2. The largest absolute Gasteiger partial charge is 0.484 e. The molecule has 0 saturated heterocycles. The van der Waals surface area contributed by atoms with E-state index in [9.17, 15) is 4.79 Å². The maximum Gasteiger partial charge on any atom is 0.263 e. The molecule has 116 valence electrons. The summed E-state index contributed by atoms with van der Waals surface area (Å²) in [5, 5.41) is 7.02. The predicted octanol–water partition coefficient (Wildman–Crippen LogP) is 3.65. The van der Waals surface area contributed by atoms with Crippen molar-refractivity contribution in [3.8, 4) is 11.4 Å². The number of hydrogen-bond donors (Lipinski definition) is 1. The molecular weight excluding hydrogens is 358 g/mol. The molecule has 0 atom stereocenters. The predicted molar refractivity (Wildman–Crippen MR) is 91.8 cm³/mol. The summed E-state index contributed by atoms with van der Waals surface area (Å²) in [6, 6.07) is 18.7. The molecule has 6 heteroatoms. The Labute approximate surface area is 142 Å². The van der Waals surface area contributed by atoms with Gasteiger partial charge in [-0.25, -0.2) is 4.68 Å². The van der Waals surface area contributed by atoms with Crippen LogP contribution in [0.25, 0.3) is 5.69 Å². The van der Waals surface area contributed by atoms with Gasteiger partial charge >= 0.3 is 0 Å². The van der Waals surface area contributed by atoms with Crippen molar-refractivity contribution in [2.75, 3.05) is 11.9 Å². The lowest BCUT2D eigenvalue weighted by Crippen LogP contribution is -2.20. The smallest absolute Gasteiger partial charge is 0.263 e. The summed E-state index contributed by atoms with van der Waals surface area (Å²) in [5.74, 6) is 0.864. The molecular formula is C17H14BrN3O2. The fourth-order valence-electron chi connectivity index (χ4n) is 1.97. The maximum absolute atomic E-state index is 11.9. The minimum Gasteiger partial charge on any atom is -0.484 e. The van der Waals surface area contributed by atoms with E-state index in [2.05, 4.69) is 26.3 Å². The third kappa shape index (κ3) is 4.20. The van der Waals surface area contributed by atoms with E-state index in [1.165, 1.54) is 0 Å². The summed E-state index contributed by atoms with van der Waals surface area (Å²) in [6.07, 6.45) is 1.79.